The lowest BCUT2D eigenvalue weighted by Crippen LogP contribution is -2.36. The number of amides is 1. The Hall–Kier alpha value is -2.43. The highest BCUT2D eigenvalue weighted by Crippen LogP contribution is 2.32. The van der Waals surface area contributed by atoms with E-state index in [2.05, 4.69) is 5.32 Å². The highest BCUT2D eigenvalue weighted by atomic mass is 32.2. The normalized spacial score (nSPS) is 14.3. The number of fused-ring (bicyclic) bond motifs is 1. The van der Waals surface area contributed by atoms with Gasteiger partial charge in [-0.1, -0.05) is 13.8 Å². The first-order chi connectivity index (χ1) is 15.1. The van der Waals surface area contributed by atoms with Crippen molar-refractivity contribution in [1.82, 2.24) is 4.31 Å². The lowest BCUT2D eigenvalue weighted by Gasteiger charge is -2.30. The highest BCUT2D eigenvalue weighted by Gasteiger charge is 2.26. The fraction of sp³-hybridized carbons (Fsp3) is 0.409. The second kappa shape index (κ2) is 9.60. The first-order valence-electron chi connectivity index (χ1n) is 10.7. The number of anilines is 2. The molecule has 0 saturated carbocycles. The maximum absolute atomic E-state index is 12.7. The molecule has 1 aliphatic rings. The van der Waals surface area contributed by atoms with Gasteiger partial charge in [-0.3, -0.25) is 9.10 Å². The van der Waals surface area contributed by atoms with Crippen LogP contribution in [0.5, 0.6) is 0 Å². The van der Waals surface area contributed by atoms with Gasteiger partial charge in [0.15, 0.2) is 0 Å². The van der Waals surface area contributed by atoms with Crippen molar-refractivity contribution < 1.29 is 21.6 Å². The van der Waals surface area contributed by atoms with Gasteiger partial charge < -0.3 is 5.32 Å². The van der Waals surface area contributed by atoms with Gasteiger partial charge in [0.25, 0.3) is 5.91 Å². The zero-order valence-corrected chi connectivity index (χ0v) is 20.2. The van der Waals surface area contributed by atoms with Crippen molar-refractivity contribution in [1.29, 1.82) is 0 Å². The Labute approximate surface area is 190 Å². The largest absolute Gasteiger partial charge is 0.322 e. The summed E-state index contributed by atoms with van der Waals surface area (Å²) in [6.45, 7) is 6.37. The van der Waals surface area contributed by atoms with Gasteiger partial charge >= 0.3 is 0 Å². The Kier molecular flexibility index (Phi) is 7.26. The van der Waals surface area contributed by atoms with E-state index in [1.54, 1.807) is 39.0 Å². The van der Waals surface area contributed by atoms with Gasteiger partial charge in [-0.25, -0.2) is 16.8 Å². The van der Waals surface area contributed by atoms with Gasteiger partial charge in [0.2, 0.25) is 20.0 Å². The standard InChI is InChI=1S/C22H29N3O5S2/c1-4-24(5-2)32(29,30)20-12-9-17(10-13-20)22(26)23-19-11-14-21-18(16-19)8-7-15-25(21)31(27,28)6-3/h9-14,16H,4-8,15H2,1-3H3,(H,23,26). The van der Waals surface area contributed by atoms with Crippen molar-refractivity contribution >= 4 is 37.3 Å². The topological polar surface area (TPSA) is 104 Å². The Balaban J connectivity index is 1.78. The molecule has 2 aromatic rings. The second-order valence-electron chi connectivity index (χ2n) is 7.49. The average Bonchev–Trinajstić information content (AvgIpc) is 2.79. The molecule has 0 aromatic heterocycles. The zero-order valence-electron chi connectivity index (χ0n) is 18.5. The monoisotopic (exact) mass is 479 g/mol. The first-order valence-corrected chi connectivity index (χ1v) is 13.7. The number of carbonyl (C=O) groups is 1. The number of nitrogens with zero attached hydrogens (tertiary/aromatic N) is 2. The van der Waals surface area contributed by atoms with Crippen LogP contribution in [-0.4, -0.2) is 52.4 Å². The van der Waals surface area contributed by atoms with Crippen LogP contribution in [0.1, 0.15) is 43.1 Å². The highest BCUT2D eigenvalue weighted by molar-refractivity contribution is 7.92. The van der Waals surface area contributed by atoms with Crippen LogP contribution in [0, 0.1) is 0 Å². The number of rotatable bonds is 8. The van der Waals surface area contributed by atoms with Crippen LogP contribution in [0.3, 0.4) is 0 Å². The maximum Gasteiger partial charge on any atom is 0.255 e. The minimum atomic E-state index is -3.58. The average molecular weight is 480 g/mol. The van der Waals surface area contributed by atoms with Gasteiger partial charge in [0.1, 0.15) is 0 Å². The molecule has 0 spiro atoms. The quantitative estimate of drug-likeness (QED) is 0.627. The number of benzene rings is 2. The van der Waals surface area contributed by atoms with Gasteiger partial charge in [-0.05, 0) is 67.8 Å². The summed E-state index contributed by atoms with van der Waals surface area (Å²) < 4.78 is 52.7. The summed E-state index contributed by atoms with van der Waals surface area (Å²) >= 11 is 0. The van der Waals surface area contributed by atoms with Crippen LogP contribution in [0.15, 0.2) is 47.4 Å². The third-order valence-electron chi connectivity index (χ3n) is 5.57. The molecule has 1 N–H and O–H groups in total. The van der Waals surface area contributed by atoms with E-state index in [0.717, 1.165) is 12.0 Å². The van der Waals surface area contributed by atoms with Crippen molar-refractivity contribution in [2.24, 2.45) is 0 Å². The predicted octanol–water partition coefficient (Wildman–Crippen LogP) is 3.07. The van der Waals surface area contributed by atoms with E-state index in [9.17, 15) is 21.6 Å². The van der Waals surface area contributed by atoms with E-state index < -0.39 is 20.0 Å². The number of nitrogens with one attached hydrogen (secondary N) is 1. The molecule has 1 heterocycles. The second-order valence-corrected chi connectivity index (χ2v) is 11.6. The Morgan fingerprint density at radius 3 is 2.25 bits per heavy atom. The Morgan fingerprint density at radius 1 is 1.00 bits per heavy atom. The molecule has 8 nitrogen and oxygen atoms in total. The number of carbonyl (C=O) groups excluding carboxylic acids is 1. The fourth-order valence-corrected chi connectivity index (χ4v) is 6.43. The van der Waals surface area contributed by atoms with Crippen LogP contribution in [0.2, 0.25) is 0 Å². The van der Waals surface area contributed by atoms with Gasteiger partial charge in [-0.15, -0.1) is 0 Å². The van der Waals surface area contributed by atoms with E-state index in [-0.39, 0.29) is 16.6 Å². The molecule has 1 amide bonds. The van der Waals surface area contributed by atoms with Crippen molar-refractivity contribution in [3.05, 3.63) is 53.6 Å². The molecule has 0 radical (unpaired) electrons. The van der Waals surface area contributed by atoms with Crippen LogP contribution in [0.25, 0.3) is 0 Å². The smallest absolute Gasteiger partial charge is 0.255 e. The predicted molar refractivity (Wildman–Crippen MR) is 126 cm³/mol. The molecule has 2 aromatic carbocycles. The lowest BCUT2D eigenvalue weighted by atomic mass is 10.0. The van der Waals surface area contributed by atoms with Gasteiger partial charge in [-0.2, -0.15) is 4.31 Å². The maximum atomic E-state index is 12.7. The van der Waals surface area contributed by atoms with Crippen LogP contribution in [-0.2, 0) is 26.5 Å². The molecule has 3 rings (SSSR count). The molecule has 0 saturated heterocycles. The van der Waals surface area contributed by atoms with Crippen LogP contribution in [0.4, 0.5) is 11.4 Å². The van der Waals surface area contributed by atoms with Crippen LogP contribution < -0.4 is 9.62 Å². The summed E-state index contributed by atoms with van der Waals surface area (Å²) in [6.07, 6.45) is 1.44. The number of aryl methyl sites for hydroxylation is 1. The SMILES string of the molecule is CCN(CC)S(=O)(=O)c1ccc(C(=O)Nc2ccc3c(c2)CCCN3S(=O)(=O)CC)cc1. The van der Waals surface area contributed by atoms with E-state index >= 15 is 0 Å². The van der Waals surface area contributed by atoms with Crippen molar-refractivity contribution in [3.63, 3.8) is 0 Å². The molecular weight excluding hydrogens is 450 g/mol. The summed E-state index contributed by atoms with van der Waals surface area (Å²) in [5.41, 5.74) is 2.41. The molecular formula is C22H29N3O5S2. The summed E-state index contributed by atoms with van der Waals surface area (Å²) in [5.74, 6) is -0.337. The van der Waals surface area contributed by atoms with Crippen molar-refractivity contribution in [3.8, 4) is 0 Å². The molecule has 0 aliphatic carbocycles. The lowest BCUT2D eigenvalue weighted by molar-refractivity contribution is 0.102. The number of hydrogen-bond acceptors (Lipinski definition) is 5. The summed E-state index contributed by atoms with van der Waals surface area (Å²) in [7, 11) is -6.93. The first kappa shape index (κ1) is 24.2. The molecule has 0 atom stereocenters. The van der Waals surface area contributed by atoms with E-state index in [1.165, 1.54) is 32.9 Å². The summed E-state index contributed by atoms with van der Waals surface area (Å²) in [6, 6.07) is 11.0. The molecule has 0 fully saturated rings. The van der Waals surface area contributed by atoms with Gasteiger partial charge in [0, 0.05) is 30.9 Å². The van der Waals surface area contributed by atoms with E-state index in [4.69, 9.17) is 0 Å². The zero-order chi connectivity index (χ0) is 23.5. The summed E-state index contributed by atoms with van der Waals surface area (Å²) in [5, 5.41) is 2.81. The minimum Gasteiger partial charge on any atom is -0.322 e. The minimum absolute atomic E-state index is 0.0327. The Morgan fingerprint density at radius 2 is 1.66 bits per heavy atom. The third kappa shape index (κ3) is 4.82. The number of sulfonamides is 2. The fourth-order valence-electron chi connectivity index (χ4n) is 3.78. The van der Waals surface area contributed by atoms with Crippen LogP contribution >= 0.6 is 0 Å². The number of hydrogen-bond donors (Lipinski definition) is 1. The van der Waals surface area contributed by atoms with E-state index in [0.29, 0.717) is 43.0 Å². The van der Waals surface area contributed by atoms with Crippen molar-refractivity contribution in [2.45, 2.75) is 38.5 Å². The van der Waals surface area contributed by atoms with Crippen molar-refractivity contribution in [2.75, 3.05) is 35.0 Å². The summed E-state index contributed by atoms with van der Waals surface area (Å²) in [4.78, 5) is 12.8. The molecule has 32 heavy (non-hydrogen) atoms. The third-order valence-corrected chi connectivity index (χ3v) is 9.42. The molecule has 0 unspecified atom stereocenters. The van der Waals surface area contributed by atoms with E-state index in [1.807, 2.05) is 0 Å². The Bertz CT molecular complexity index is 1190. The van der Waals surface area contributed by atoms with Gasteiger partial charge in [0.05, 0.1) is 16.3 Å². The molecule has 1 aliphatic heterocycles. The molecule has 0 bridgehead atoms. The molecule has 174 valence electrons. The molecule has 10 heteroatoms.